The van der Waals surface area contributed by atoms with Gasteiger partial charge in [-0.05, 0) is 43.5 Å². The molecule has 3 heterocycles. The van der Waals surface area contributed by atoms with Crippen molar-refractivity contribution in [2.75, 3.05) is 5.73 Å². The molecule has 0 unspecified atom stereocenters. The number of benzene rings is 1. The fourth-order valence-corrected chi connectivity index (χ4v) is 4.19. The summed E-state index contributed by atoms with van der Waals surface area (Å²) in [6.07, 6.45) is 5.10. The molecular weight excluding hydrogens is 296 g/mol. The highest BCUT2D eigenvalue weighted by Crippen LogP contribution is 2.29. The average molecular weight is 314 g/mol. The van der Waals surface area contributed by atoms with Crippen LogP contribution >= 0.6 is 11.3 Å². The molecule has 22 heavy (non-hydrogen) atoms. The number of carbonyl (C=O) groups excluding carboxylic acids is 1. The summed E-state index contributed by atoms with van der Waals surface area (Å²) in [4.78, 5) is 17.4. The van der Waals surface area contributed by atoms with E-state index in [0.29, 0.717) is 17.0 Å². The molecule has 2 fully saturated rings. The summed E-state index contributed by atoms with van der Waals surface area (Å²) < 4.78 is 0. The highest BCUT2D eigenvalue weighted by atomic mass is 32.1. The van der Waals surface area contributed by atoms with E-state index in [9.17, 15) is 4.79 Å². The van der Waals surface area contributed by atoms with E-state index in [1.807, 2.05) is 24.3 Å². The Labute approximate surface area is 132 Å². The SMILES string of the molecule is Nc1ccc(-c2ncc(C(=O)N[C@@H]3C[C@H]4CC[C@@H]3N4)s2)cc1. The summed E-state index contributed by atoms with van der Waals surface area (Å²) in [5, 5.41) is 7.53. The first kappa shape index (κ1) is 13.7. The topological polar surface area (TPSA) is 80.0 Å². The molecular formula is C16H18N4OS. The molecule has 0 aliphatic carbocycles. The molecule has 114 valence electrons. The number of hydrogen-bond donors (Lipinski definition) is 3. The van der Waals surface area contributed by atoms with Crippen molar-refractivity contribution < 1.29 is 4.79 Å². The van der Waals surface area contributed by atoms with Crippen molar-refractivity contribution >= 4 is 22.9 Å². The molecule has 0 radical (unpaired) electrons. The van der Waals surface area contributed by atoms with Crippen LogP contribution in [-0.4, -0.2) is 29.0 Å². The van der Waals surface area contributed by atoms with Crippen LogP contribution < -0.4 is 16.4 Å². The minimum absolute atomic E-state index is 0.0152. The number of rotatable bonds is 3. The summed E-state index contributed by atoms with van der Waals surface area (Å²) in [5.74, 6) is -0.0152. The predicted octanol–water partition coefficient (Wildman–Crippen LogP) is 2.01. The minimum atomic E-state index is -0.0152. The van der Waals surface area contributed by atoms with Crippen molar-refractivity contribution in [3.8, 4) is 10.6 Å². The first-order valence-corrected chi connectivity index (χ1v) is 8.39. The molecule has 6 heteroatoms. The predicted molar refractivity (Wildman–Crippen MR) is 87.8 cm³/mol. The lowest BCUT2D eigenvalue weighted by Crippen LogP contribution is -2.42. The number of anilines is 1. The Morgan fingerprint density at radius 3 is 2.82 bits per heavy atom. The van der Waals surface area contributed by atoms with Crippen LogP contribution in [0.4, 0.5) is 5.69 Å². The first-order valence-electron chi connectivity index (χ1n) is 7.58. The maximum atomic E-state index is 12.4. The van der Waals surface area contributed by atoms with Crippen LogP contribution in [0.15, 0.2) is 30.5 Å². The van der Waals surface area contributed by atoms with E-state index in [0.717, 1.165) is 29.1 Å². The molecule has 4 N–H and O–H groups in total. The van der Waals surface area contributed by atoms with Crippen LogP contribution in [0.3, 0.4) is 0 Å². The molecule has 0 saturated carbocycles. The Morgan fingerprint density at radius 1 is 1.32 bits per heavy atom. The molecule has 2 bridgehead atoms. The van der Waals surface area contributed by atoms with Gasteiger partial charge in [0.15, 0.2) is 0 Å². The van der Waals surface area contributed by atoms with E-state index >= 15 is 0 Å². The number of hydrogen-bond acceptors (Lipinski definition) is 5. The lowest BCUT2D eigenvalue weighted by molar-refractivity contribution is 0.0935. The molecule has 1 aromatic heterocycles. The first-order chi connectivity index (χ1) is 10.7. The fraction of sp³-hybridized carbons (Fsp3) is 0.375. The maximum Gasteiger partial charge on any atom is 0.263 e. The summed E-state index contributed by atoms with van der Waals surface area (Å²) in [7, 11) is 0. The number of nitrogen functional groups attached to an aromatic ring is 1. The Kier molecular flexibility index (Phi) is 3.35. The normalized spacial score (nSPS) is 26.3. The van der Waals surface area contributed by atoms with Crippen LogP contribution in [0.5, 0.6) is 0 Å². The number of nitrogens with one attached hydrogen (secondary N) is 2. The fourth-order valence-electron chi connectivity index (χ4n) is 3.36. The number of carbonyl (C=O) groups is 1. The molecule has 0 spiro atoms. The van der Waals surface area contributed by atoms with Gasteiger partial charge >= 0.3 is 0 Å². The Bertz CT molecular complexity index is 696. The van der Waals surface area contributed by atoms with Gasteiger partial charge in [-0.2, -0.15) is 0 Å². The number of nitrogens with two attached hydrogens (primary N) is 1. The quantitative estimate of drug-likeness (QED) is 0.757. The van der Waals surface area contributed by atoms with Crippen LogP contribution in [0, 0.1) is 0 Å². The van der Waals surface area contributed by atoms with E-state index in [1.165, 1.54) is 17.8 Å². The molecule has 2 aliphatic rings. The second kappa shape index (κ2) is 5.37. The second-order valence-electron chi connectivity index (χ2n) is 6.01. The average Bonchev–Trinajstić information content (AvgIpc) is 3.24. The highest BCUT2D eigenvalue weighted by molar-refractivity contribution is 7.16. The van der Waals surface area contributed by atoms with Gasteiger partial charge in [-0.1, -0.05) is 0 Å². The number of fused-ring (bicyclic) bond motifs is 2. The second-order valence-corrected chi connectivity index (χ2v) is 7.05. The van der Waals surface area contributed by atoms with Gasteiger partial charge < -0.3 is 16.4 Å². The maximum absolute atomic E-state index is 12.4. The van der Waals surface area contributed by atoms with E-state index in [-0.39, 0.29) is 11.9 Å². The monoisotopic (exact) mass is 314 g/mol. The summed E-state index contributed by atoms with van der Waals surface area (Å²) in [6, 6.07) is 8.83. The summed E-state index contributed by atoms with van der Waals surface area (Å²) >= 11 is 1.42. The van der Waals surface area contributed by atoms with Crippen LogP contribution in [-0.2, 0) is 0 Å². The van der Waals surface area contributed by atoms with E-state index in [1.54, 1.807) is 6.20 Å². The van der Waals surface area contributed by atoms with Crippen molar-refractivity contribution in [2.45, 2.75) is 37.4 Å². The van der Waals surface area contributed by atoms with Crippen molar-refractivity contribution in [1.82, 2.24) is 15.6 Å². The third-order valence-electron chi connectivity index (χ3n) is 4.50. The number of nitrogens with zero attached hydrogens (tertiary/aromatic N) is 1. The van der Waals surface area contributed by atoms with Crippen molar-refractivity contribution in [3.05, 3.63) is 35.3 Å². The molecule has 3 atom stereocenters. The molecule has 2 aromatic rings. The molecule has 4 rings (SSSR count). The summed E-state index contributed by atoms with van der Waals surface area (Å²) in [6.45, 7) is 0. The smallest absolute Gasteiger partial charge is 0.263 e. The van der Waals surface area contributed by atoms with Gasteiger partial charge in [-0.25, -0.2) is 4.98 Å². The Balaban J connectivity index is 1.46. The van der Waals surface area contributed by atoms with Crippen LogP contribution in [0.2, 0.25) is 0 Å². The van der Waals surface area contributed by atoms with Gasteiger partial charge in [0.2, 0.25) is 0 Å². The van der Waals surface area contributed by atoms with Gasteiger partial charge in [0.05, 0.1) is 6.20 Å². The number of aromatic nitrogens is 1. The minimum Gasteiger partial charge on any atom is -0.399 e. The zero-order valence-electron chi connectivity index (χ0n) is 12.1. The van der Waals surface area contributed by atoms with Gasteiger partial charge in [-0.15, -0.1) is 11.3 Å². The van der Waals surface area contributed by atoms with Crippen LogP contribution in [0.25, 0.3) is 10.6 Å². The molecule has 1 aromatic carbocycles. The van der Waals surface area contributed by atoms with Gasteiger partial charge in [-0.3, -0.25) is 4.79 Å². The third kappa shape index (κ3) is 2.48. The molecule has 5 nitrogen and oxygen atoms in total. The number of thiazole rings is 1. The molecule has 2 saturated heterocycles. The Morgan fingerprint density at radius 2 is 2.14 bits per heavy atom. The zero-order valence-corrected chi connectivity index (χ0v) is 12.9. The van der Waals surface area contributed by atoms with Gasteiger partial charge in [0.25, 0.3) is 5.91 Å². The lowest BCUT2D eigenvalue weighted by Gasteiger charge is -2.20. The summed E-state index contributed by atoms with van der Waals surface area (Å²) in [5.41, 5.74) is 7.40. The largest absolute Gasteiger partial charge is 0.399 e. The van der Waals surface area contributed by atoms with E-state index < -0.39 is 0 Å². The molecule has 2 aliphatic heterocycles. The van der Waals surface area contributed by atoms with Gasteiger partial charge in [0.1, 0.15) is 9.88 Å². The van der Waals surface area contributed by atoms with Crippen LogP contribution in [0.1, 0.15) is 28.9 Å². The molecule has 1 amide bonds. The van der Waals surface area contributed by atoms with Crippen molar-refractivity contribution in [2.24, 2.45) is 0 Å². The van der Waals surface area contributed by atoms with Gasteiger partial charge in [0, 0.05) is 29.4 Å². The van der Waals surface area contributed by atoms with Crippen molar-refractivity contribution in [3.63, 3.8) is 0 Å². The Hall–Kier alpha value is -1.92. The number of amides is 1. The van der Waals surface area contributed by atoms with E-state index in [4.69, 9.17) is 5.73 Å². The van der Waals surface area contributed by atoms with E-state index in [2.05, 4.69) is 15.6 Å². The highest BCUT2D eigenvalue weighted by Gasteiger charge is 2.39. The lowest BCUT2D eigenvalue weighted by atomic mass is 9.95. The standard InChI is InChI=1S/C16H18N4OS/c17-10-3-1-9(2-4-10)16-18-8-14(22-16)15(21)20-13-7-11-5-6-12(13)19-11/h1-4,8,11-13,19H,5-7,17H2,(H,20,21)/t11-,12+,13-/m1/s1. The zero-order chi connectivity index (χ0) is 15.1. The third-order valence-corrected chi connectivity index (χ3v) is 5.55. The van der Waals surface area contributed by atoms with Crippen molar-refractivity contribution in [1.29, 1.82) is 0 Å².